The topological polar surface area (TPSA) is 92.9 Å². The van der Waals surface area contributed by atoms with Gasteiger partial charge in [0.2, 0.25) is 17.7 Å². The van der Waals surface area contributed by atoms with E-state index in [-0.39, 0.29) is 60.2 Å². The summed E-state index contributed by atoms with van der Waals surface area (Å²) in [5.41, 5.74) is 6.04. The number of fused-ring (bicyclic) bond motifs is 5. The highest BCUT2D eigenvalue weighted by molar-refractivity contribution is 6.09. The second kappa shape index (κ2) is 7.82. The molecule has 0 aromatic carbocycles. The van der Waals surface area contributed by atoms with Gasteiger partial charge in [-0.3, -0.25) is 19.3 Å². The van der Waals surface area contributed by atoms with E-state index in [2.05, 4.69) is 0 Å². The molecular formula is C18H30ClN3O4. The Bertz CT molecular complexity index is 557. The van der Waals surface area contributed by atoms with Crippen LogP contribution in [0.15, 0.2) is 0 Å². The minimum atomic E-state index is -0.773. The maximum Gasteiger partial charge on any atom is 0.245 e. The molecule has 2 N–H and O–H groups in total. The van der Waals surface area contributed by atoms with Gasteiger partial charge in [0.25, 0.3) is 0 Å². The quantitative estimate of drug-likeness (QED) is 0.680. The van der Waals surface area contributed by atoms with Crippen LogP contribution in [0.2, 0.25) is 0 Å². The zero-order chi connectivity index (χ0) is 18.5. The number of nitrogens with two attached hydrogens (primary N) is 1. The van der Waals surface area contributed by atoms with E-state index in [1.165, 1.54) is 4.90 Å². The van der Waals surface area contributed by atoms with Gasteiger partial charge in [0, 0.05) is 19.6 Å². The smallest absolute Gasteiger partial charge is 0.245 e. The maximum atomic E-state index is 12.7. The third kappa shape index (κ3) is 3.37. The molecule has 8 heteroatoms. The van der Waals surface area contributed by atoms with Crippen LogP contribution < -0.4 is 5.73 Å². The first-order chi connectivity index (χ1) is 11.7. The van der Waals surface area contributed by atoms with Crippen molar-refractivity contribution in [2.45, 2.75) is 64.3 Å². The second-order valence-corrected chi connectivity index (χ2v) is 8.02. The molecule has 7 nitrogen and oxygen atoms in total. The Kier molecular flexibility index (Phi) is 6.36. The number of nitrogens with zero attached hydrogens (tertiary/aromatic N) is 2. The number of amides is 3. The zero-order valence-electron chi connectivity index (χ0n) is 15.9. The minimum Gasteiger partial charge on any atom is -0.373 e. The van der Waals surface area contributed by atoms with Gasteiger partial charge in [-0.05, 0) is 32.1 Å². The van der Waals surface area contributed by atoms with Gasteiger partial charge in [0.05, 0.1) is 24.0 Å². The third-order valence-corrected chi connectivity index (χ3v) is 6.09. The van der Waals surface area contributed by atoms with E-state index in [1.54, 1.807) is 18.9 Å². The predicted octanol–water partition coefficient (Wildman–Crippen LogP) is 0.791. The fourth-order valence-corrected chi connectivity index (χ4v) is 4.33. The maximum absolute atomic E-state index is 12.7. The van der Waals surface area contributed by atoms with Crippen molar-refractivity contribution in [2.24, 2.45) is 23.5 Å². The first-order valence-electron chi connectivity index (χ1n) is 9.27. The number of carbonyl (C=O) groups excluding carboxylic acids is 3. The minimum absolute atomic E-state index is 0. The summed E-state index contributed by atoms with van der Waals surface area (Å²) in [6, 6.07) is -0.752. The van der Waals surface area contributed by atoms with Crippen molar-refractivity contribution < 1.29 is 19.1 Å². The van der Waals surface area contributed by atoms with Crippen LogP contribution in [0.1, 0.15) is 40.0 Å². The van der Waals surface area contributed by atoms with Crippen molar-refractivity contribution in [1.29, 1.82) is 0 Å². The summed E-state index contributed by atoms with van der Waals surface area (Å²) in [6.07, 6.45) is 2.04. The van der Waals surface area contributed by atoms with Gasteiger partial charge >= 0.3 is 0 Å². The van der Waals surface area contributed by atoms with Gasteiger partial charge in [0.1, 0.15) is 6.04 Å². The van der Waals surface area contributed by atoms with E-state index in [1.807, 2.05) is 13.8 Å². The Labute approximate surface area is 161 Å². The molecule has 6 atom stereocenters. The van der Waals surface area contributed by atoms with E-state index >= 15 is 0 Å². The van der Waals surface area contributed by atoms with Crippen LogP contribution in [-0.4, -0.2) is 65.4 Å². The summed E-state index contributed by atoms with van der Waals surface area (Å²) in [4.78, 5) is 41.0. The van der Waals surface area contributed by atoms with Crippen LogP contribution in [0.4, 0.5) is 0 Å². The van der Waals surface area contributed by atoms with Crippen molar-refractivity contribution >= 4 is 30.1 Å². The summed E-state index contributed by atoms with van der Waals surface area (Å²) in [5, 5.41) is 0. The van der Waals surface area contributed by atoms with E-state index in [9.17, 15) is 14.4 Å². The summed E-state index contributed by atoms with van der Waals surface area (Å²) in [7, 11) is 1.70. The number of imide groups is 1. The molecule has 3 saturated heterocycles. The molecule has 26 heavy (non-hydrogen) atoms. The Hall–Kier alpha value is -1.18. The number of rotatable bonds is 6. The fourth-order valence-electron chi connectivity index (χ4n) is 4.33. The van der Waals surface area contributed by atoms with Crippen molar-refractivity contribution in [3.8, 4) is 0 Å². The summed E-state index contributed by atoms with van der Waals surface area (Å²) >= 11 is 0. The van der Waals surface area contributed by atoms with E-state index in [0.717, 1.165) is 12.8 Å². The number of carbonyl (C=O) groups is 3. The number of halogens is 1. The van der Waals surface area contributed by atoms with Crippen LogP contribution in [0, 0.1) is 17.8 Å². The molecule has 3 fully saturated rings. The lowest BCUT2D eigenvalue weighted by Gasteiger charge is -2.29. The lowest BCUT2D eigenvalue weighted by Crippen LogP contribution is -2.50. The molecule has 6 unspecified atom stereocenters. The largest absolute Gasteiger partial charge is 0.373 e. The molecule has 3 aliphatic heterocycles. The van der Waals surface area contributed by atoms with Crippen LogP contribution >= 0.6 is 12.4 Å². The first-order valence-corrected chi connectivity index (χ1v) is 9.27. The van der Waals surface area contributed by atoms with Gasteiger partial charge in [-0.15, -0.1) is 12.4 Å². The first kappa shape index (κ1) is 21.1. The normalized spacial score (nSPS) is 31.8. The molecule has 148 valence electrons. The average molecular weight is 388 g/mol. The van der Waals surface area contributed by atoms with E-state index < -0.39 is 6.04 Å². The molecule has 0 spiro atoms. The van der Waals surface area contributed by atoms with Gasteiger partial charge in [-0.25, -0.2) is 0 Å². The van der Waals surface area contributed by atoms with Crippen molar-refractivity contribution in [3.05, 3.63) is 0 Å². The summed E-state index contributed by atoms with van der Waals surface area (Å²) in [5.74, 6) is -1.13. The summed E-state index contributed by atoms with van der Waals surface area (Å²) < 4.78 is 5.73. The average Bonchev–Trinajstić information content (AvgIpc) is 3.24. The second-order valence-electron chi connectivity index (χ2n) is 8.02. The van der Waals surface area contributed by atoms with Gasteiger partial charge in [-0.1, -0.05) is 13.8 Å². The van der Waals surface area contributed by atoms with Gasteiger partial charge in [0.15, 0.2) is 0 Å². The number of likely N-dealkylation sites (tertiary alicyclic amines) is 1. The predicted molar refractivity (Wildman–Crippen MR) is 98.5 cm³/mol. The van der Waals surface area contributed by atoms with Gasteiger partial charge in [-0.2, -0.15) is 0 Å². The highest BCUT2D eigenvalue weighted by atomic mass is 35.5. The molecule has 3 rings (SSSR count). The molecule has 3 heterocycles. The highest BCUT2D eigenvalue weighted by Crippen LogP contribution is 2.48. The van der Waals surface area contributed by atoms with Crippen molar-refractivity contribution in [1.82, 2.24) is 9.80 Å². The lowest BCUT2D eigenvalue weighted by atomic mass is 9.81. The summed E-state index contributed by atoms with van der Waals surface area (Å²) in [6.45, 7) is 6.25. The molecular weight excluding hydrogens is 358 g/mol. The molecule has 0 aliphatic carbocycles. The Morgan fingerprint density at radius 1 is 1.19 bits per heavy atom. The molecule has 3 aliphatic rings. The van der Waals surface area contributed by atoms with Gasteiger partial charge < -0.3 is 15.4 Å². The molecule has 0 aromatic rings. The third-order valence-electron chi connectivity index (χ3n) is 6.09. The number of hydrogen-bond donors (Lipinski definition) is 1. The molecule has 3 amide bonds. The standard InChI is InChI=1S/C18H29N3O4.ClH/c1-9(2)11(19)7-8-20(4)16(22)10(3)21-17(23)14-12-5-6-13(25-12)15(14)18(21)24;/h9-15H,5-8,19H2,1-4H3;1H. The van der Waals surface area contributed by atoms with Crippen molar-refractivity contribution in [3.63, 3.8) is 0 Å². The molecule has 0 saturated carbocycles. The van der Waals surface area contributed by atoms with Crippen LogP contribution in [0.3, 0.4) is 0 Å². The zero-order valence-corrected chi connectivity index (χ0v) is 16.7. The highest BCUT2D eigenvalue weighted by Gasteiger charge is 2.63. The van der Waals surface area contributed by atoms with Crippen LogP contribution in [-0.2, 0) is 19.1 Å². The van der Waals surface area contributed by atoms with E-state index in [4.69, 9.17) is 10.5 Å². The molecule has 2 bridgehead atoms. The lowest BCUT2D eigenvalue weighted by molar-refractivity contribution is -0.152. The molecule has 0 radical (unpaired) electrons. The monoisotopic (exact) mass is 387 g/mol. The Morgan fingerprint density at radius 2 is 1.69 bits per heavy atom. The molecule has 0 aromatic heterocycles. The van der Waals surface area contributed by atoms with E-state index in [0.29, 0.717) is 18.9 Å². The van der Waals surface area contributed by atoms with Crippen LogP contribution in [0.25, 0.3) is 0 Å². The number of likely N-dealkylation sites (N-methyl/N-ethyl adjacent to an activating group) is 1. The number of hydrogen-bond acceptors (Lipinski definition) is 5. The van der Waals surface area contributed by atoms with Crippen molar-refractivity contribution in [2.75, 3.05) is 13.6 Å². The van der Waals surface area contributed by atoms with Crippen LogP contribution in [0.5, 0.6) is 0 Å². The Morgan fingerprint density at radius 3 is 2.15 bits per heavy atom. The Balaban J connectivity index is 0.00000243. The fraction of sp³-hybridized carbons (Fsp3) is 0.833. The number of ether oxygens (including phenoxy) is 1. The SMILES string of the molecule is CC(C)C(N)CCN(C)C(=O)C(C)N1C(=O)C2C3CCC(O3)C2C1=O.Cl.